The number of ketones is 1. The third kappa shape index (κ3) is 4.74. The summed E-state index contributed by atoms with van der Waals surface area (Å²) in [5.41, 5.74) is 4.98. The molecule has 0 heterocycles. The molecule has 6 heteroatoms. The van der Waals surface area contributed by atoms with Crippen LogP contribution in [-0.2, 0) is 4.84 Å². The fourth-order valence-electron chi connectivity index (χ4n) is 1.74. The Morgan fingerprint density at radius 2 is 1.78 bits per heavy atom. The lowest BCUT2D eigenvalue weighted by molar-refractivity contribution is 0.106. The molecule has 2 aromatic rings. The second kappa shape index (κ2) is 7.84. The van der Waals surface area contributed by atoms with Gasteiger partial charge in [0, 0.05) is 5.56 Å². The third-order valence-electron chi connectivity index (χ3n) is 2.98. The molecule has 23 heavy (non-hydrogen) atoms. The van der Waals surface area contributed by atoms with E-state index in [0.29, 0.717) is 5.56 Å². The average molecular weight is 313 g/mol. The first kappa shape index (κ1) is 16.4. The first-order valence-electron chi connectivity index (χ1n) is 6.87. The van der Waals surface area contributed by atoms with Crippen LogP contribution in [0.2, 0.25) is 0 Å². The second-order valence-corrected chi connectivity index (χ2v) is 4.73. The maximum atomic E-state index is 13.0. The molecule has 0 unspecified atom stereocenters. The van der Waals surface area contributed by atoms with E-state index >= 15 is 0 Å². The van der Waals surface area contributed by atoms with Crippen molar-refractivity contribution in [1.82, 2.24) is 0 Å². The lowest BCUT2D eigenvalue weighted by Crippen LogP contribution is -2.18. The first-order valence-corrected chi connectivity index (χ1v) is 6.87. The number of aryl methyl sites for hydroxylation is 1. The van der Waals surface area contributed by atoms with Crippen LogP contribution in [0.3, 0.4) is 0 Å². The molecule has 0 fully saturated rings. The lowest BCUT2D eigenvalue weighted by Gasteiger charge is -2.04. The number of Topliss-reactive ketones (excluding diaryl/α,β-unsaturated/α-hetero) is 1. The number of hydrazone groups is 1. The normalized spacial score (nSPS) is 11.5. The van der Waals surface area contributed by atoms with Crippen molar-refractivity contribution in [2.75, 3.05) is 12.5 Å². The Morgan fingerprint density at radius 3 is 2.39 bits per heavy atom. The molecule has 0 saturated heterocycles. The highest BCUT2D eigenvalue weighted by Gasteiger charge is 2.13. The Hall–Kier alpha value is -3.02. The van der Waals surface area contributed by atoms with Gasteiger partial charge in [-0.1, -0.05) is 22.9 Å². The Morgan fingerprint density at radius 1 is 1.13 bits per heavy atom. The number of halogens is 1. The molecule has 1 N–H and O–H groups in total. The van der Waals surface area contributed by atoms with Gasteiger partial charge < -0.3 is 4.84 Å². The topological polar surface area (TPSA) is 63.1 Å². The smallest absolute Gasteiger partial charge is 0.214 e. The van der Waals surface area contributed by atoms with Gasteiger partial charge in [-0.2, -0.15) is 5.10 Å². The molecule has 0 spiro atoms. The van der Waals surface area contributed by atoms with Crippen molar-refractivity contribution in [3.63, 3.8) is 0 Å². The standard InChI is InChI=1S/C17H16FN3O2/c1-12-3-9-15(10-4-12)20-21-16(11-19-23-2)17(22)13-5-7-14(18)8-6-13/h3-11,20H,1-2H3/b19-11-,21-16-. The van der Waals surface area contributed by atoms with Gasteiger partial charge in [0.1, 0.15) is 12.9 Å². The zero-order valence-corrected chi connectivity index (χ0v) is 12.8. The Labute approximate surface area is 133 Å². The highest BCUT2D eigenvalue weighted by Crippen LogP contribution is 2.09. The largest absolute Gasteiger partial charge is 0.399 e. The van der Waals surface area contributed by atoms with Crippen molar-refractivity contribution in [3.8, 4) is 0 Å². The predicted octanol–water partition coefficient (Wildman–Crippen LogP) is 3.42. The van der Waals surface area contributed by atoms with E-state index in [0.717, 1.165) is 11.3 Å². The molecule has 5 nitrogen and oxygen atoms in total. The summed E-state index contributed by atoms with van der Waals surface area (Å²) in [6.45, 7) is 1.97. The Bertz CT molecular complexity index is 723. The number of oxime groups is 1. The summed E-state index contributed by atoms with van der Waals surface area (Å²) in [6, 6.07) is 12.7. The second-order valence-electron chi connectivity index (χ2n) is 4.73. The van der Waals surface area contributed by atoms with Crippen molar-refractivity contribution >= 4 is 23.4 Å². The van der Waals surface area contributed by atoms with Crippen molar-refractivity contribution in [3.05, 3.63) is 65.5 Å². The summed E-state index contributed by atoms with van der Waals surface area (Å²) in [4.78, 5) is 17.0. The van der Waals surface area contributed by atoms with Crippen LogP contribution in [0, 0.1) is 12.7 Å². The monoisotopic (exact) mass is 313 g/mol. The Kier molecular flexibility index (Phi) is 5.57. The van der Waals surface area contributed by atoms with Gasteiger partial charge >= 0.3 is 0 Å². The van der Waals surface area contributed by atoms with Crippen LogP contribution < -0.4 is 5.43 Å². The van der Waals surface area contributed by atoms with Crippen LogP contribution in [0.4, 0.5) is 10.1 Å². The molecule has 0 aliphatic rings. The number of benzene rings is 2. The lowest BCUT2D eigenvalue weighted by atomic mass is 10.1. The van der Waals surface area contributed by atoms with E-state index in [9.17, 15) is 9.18 Å². The SMILES string of the molecule is CO/N=C\C(=N\Nc1ccc(C)cc1)C(=O)c1ccc(F)cc1. The number of carbonyl (C=O) groups excluding carboxylic acids is 1. The van der Waals surface area contributed by atoms with E-state index < -0.39 is 11.6 Å². The van der Waals surface area contributed by atoms with Crippen LogP contribution in [0.25, 0.3) is 0 Å². The van der Waals surface area contributed by atoms with Gasteiger partial charge in [0.05, 0.1) is 11.9 Å². The number of anilines is 1. The molecule has 0 amide bonds. The zero-order valence-electron chi connectivity index (χ0n) is 12.8. The van der Waals surface area contributed by atoms with Crippen molar-refractivity contribution in [1.29, 1.82) is 0 Å². The highest BCUT2D eigenvalue weighted by molar-refractivity contribution is 6.64. The molecule has 0 saturated carbocycles. The number of hydrogen-bond donors (Lipinski definition) is 1. The third-order valence-corrected chi connectivity index (χ3v) is 2.98. The van der Waals surface area contributed by atoms with Gasteiger partial charge in [0.15, 0.2) is 5.71 Å². The van der Waals surface area contributed by atoms with Crippen LogP contribution in [-0.4, -0.2) is 24.8 Å². The van der Waals surface area contributed by atoms with Gasteiger partial charge in [-0.15, -0.1) is 0 Å². The van der Waals surface area contributed by atoms with E-state index in [1.165, 1.54) is 37.6 Å². The predicted molar refractivity (Wildman–Crippen MR) is 88.5 cm³/mol. The first-order chi connectivity index (χ1) is 11.1. The van der Waals surface area contributed by atoms with Crippen molar-refractivity contribution in [2.45, 2.75) is 6.92 Å². The van der Waals surface area contributed by atoms with E-state index in [2.05, 4.69) is 20.5 Å². The molecule has 0 aromatic heterocycles. The molecule has 0 bridgehead atoms. The van der Waals surface area contributed by atoms with E-state index in [1.807, 2.05) is 31.2 Å². The van der Waals surface area contributed by atoms with Crippen molar-refractivity contribution in [2.24, 2.45) is 10.3 Å². The van der Waals surface area contributed by atoms with Crippen LogP contribution >= 0.6 is 0 Å². The minimum absolute atomic E-state index is 0.0408. The molecule has 2 aromatic carbocycles. The highest BCUT2D eigenvalue weighted by atomic mass is 19.1. The fraction of sp³-hybridized carbons (Fsp3) is 0.118. The number of nitrogens with one attached hydrogen (secondary N) is 1. The van der Waals surface area contributed by atoms with Gasteiger partial charge in [0.2, 0.25) is 5.78 Å². The summed E-state index contributed by atoms with van der Waals surface area (Å²) >= 11 is 0. The molecule has 2 rings (SSSR count). The molecular weight excluding hydrogens is 297 g/mol. The van der Waals surface area contributed by atoms with Crippen LogP contribution in [0.15, 0.2) is 58.8 Å². The van der Waals surface area contributed by atoms with Gasteiger partial charge in [-0.25, -0.2) is 4.39 Å². The van der Waals surface area contributed by atoms with E-state index in [1.54, 1.807) is 0 Å². The van der Waals surface area contributed by atoms with Crippen LogP contribution in [0.5, 0.6) is 0 Å². The molecule has 0 aliphatic carbocycles. The van der Waals surface area contributed by atoms with E-state index in [-0.39, 0.29) is 5.71 Å². The number of nitrogens with zero attached hydrogens (tertiary/aromatic N) is 2. The zero-order chi connectivity index (χ0) is 16.7. The van der Waals surface area contributed by atoms with Gasteiger partial charge in [-0.3, -0.25) is 10.2 Å². The summed E-state index contributed by atoms with van der Waals surface area (Å²) in [7, 11) is 1.36. The molecular formula is C17H16FN3O2. The minimum Gasteiger partial charge on any atom is -0.399 e. The van der Waals surface area contributed by atoms with Crippen molar-refractivity contribution < 1.29 is 14.0 Å². The molecule has 0 atom stereocenters. The number of rotatable bonds is 6. The quantitative estimate of drug-likeness (QED) is 0.505. The molecule has 0 aliphatic heterocycles. The maximum absolute atomic E-state index is 13.0. The Balaban J connectivity index is 2.23. The van der Waals surface area contributed by atoms with Gasteiger partial charge in [0.25, 0.3) is 0 Å². The summed E-state index contributed by atoms with van der Waals surface area (Å²) in [6.07, 6.45) is 1.20. The van der Waals surface area contributed by atoms with Gasteiger partial charge in [-0.05, 0) is 43.3 Å². The van der Waals surface area contributed by atoms with Crippen LogP contribution in [0.1, 0.15) is 15.9 Å². The molecule has 0 radical (unpaired) electrons. The minimum atomic E-state index is -0.414. The summed E-state index contributed by atoms with van der Waals surface area (Å²) in [5, 5.41) is 7.63. The average Bonchev–Trinajstić information content (AvgIpc) is 2.56. The maximum Gasteiger partial charge on any atom is 0.214 e. The summed E-state index contributed by atoms with van der Waals surface area (Å²) < 4.78 is 13.0. The number of hydrogen-bond acceptors (Lipinski definition) is 5. The van der Waals surface area contributed by atoms with E-state index in [4.69, 9.17) is 0 Å². The molecule has 118 valence electrons. The number of carbonyl (C=O) groups is 1. The summed E-state index contributed by atoms with van der Waals surface area (Å²) in [5.74, 6) is -0.811. The fourth-order valence-corrected chi connectivity index (χ4v) is 1.74.